The molecule has 0 unspecified atom stereocenters. The molecule has 2 rings (SSSR count). The first kappa shape index (κ1) is 21.9. The first-order valence-electron chi connectivity index (χ1n) is 9.03. The van der Waals surface area contributed by atoms with Gasteiger partial charge in [-0.3, -0.25) is 14.4 Å². The van der Waals surface area contributed by atoms with Gasteiger partial charge in [0.1, 0.15) is 0 Å². The maximum atomic E-state index is 12.4. The summed E-state index contributed by atoms with van der Waals surface area (Å²) < 4.78 is 0. The highest BCUT2D eigenvalue weighted by atomic mass is 35.5. The Bertz CT molecular complexity index is 862. The Morgan fingerprint density at radius 2 is 1.57 bits per heavy atom. The van der Waals surface area contributed by atoms with Crippen molar-refractivity contribution in [2.45, 2.75) is 26.7 Å². The van der Waals surface area contributed by atoms with Gasteiger partial charge in [0.2, 0.25) is 5.91 Å². The standard InChI is InChI=1S/C21H22Cl2N2O3/c1-3-25(4-2)21(28)17-10-9-16(13-18(17)23)24-20(27)12-11-19(26)14-5-7-15(22)8-6-14/h5-10,13H,3-4,11-12H2,1-2H3,(H,24,27). The molecule has 0 aliphatic heterocycles. The van der Waals surface area contributed by atoms with Crippen molar-refractivity contribution in [1.82, 2.24) is 4.90 Å². The molecule has 0 spiro atoms. The van der Waals surface area contributed by atoms with Crippen LogP contribution in [0.3, 0.4) is 0 Å². The zero-order valence-electron chi connectivity index (χ0n) is 15.8. The second kappa shape index (κ2) is 10.2. The minimum atomic E-state index is -0.304. The lowest BCUT2D eigenvalue weighted by molar-refractivity contribution is -0.116. The molecule has 0 fully saturated rings. The Kier molecular flexibility index (Phi) is 8.03. The number of rotatable bonds is 8. The SMILES string of the molecule is CCN(CC)C(=O)c1ccc(NC(=O)CCC(=O)c2ccc(Cl)cc2)cc1Cl. The summed E-state index contributed by atoms with van der Waals surface area (Å²) in [6.07, 6.45) is 0.124. The normalized spacial score (nSPS) is 10.4. The zero-order valence-corrected chi connectivity index (χ0v) is 17.3. The lowest BCUT2D eigenvalue weighted by Gasteiger charge is -2.19. The third-order valence-electron chi connectivity index (χ3n) is 4.28. The van der Waals surface area contributed by atoms with Crippen molar-refractivity contribution in [3.05, 3.63) is 63.6 Å². The van der Waals surface area contributed by atoms with Crippen molar-refractivity contribution >= 4 is 46.5 Å². The van der Waals surface area contributed by atoms with E-state index in [1.165, 1.54) is 6.07 Å². The Hall–Kier alpha value is -2.37. The smallest absolute Gasteiger partial charge is 0.255 e. The van der Waals surface area contributed by atoms with Gasteiger partial charge in [-0.05, 0) is 56.3 Å². The molecule has 0 aromatic heterocycles. The van der Waals surface area contributed by atoms with Crippen LogP contribution in [0.5, 0.6) is 0 Å². The maximum Gasteiger partial charge on any atom is 0.255 e. The van der Waals surface area contributed by atoms with Crippen molar-refractivity contribution in [3.63, 3.8) is 0 Å². The number of benzene rings is 2. The fraction of sp³-hybridized carbons (Fsp3) is 0.286. The number of amides is 2. The second-order valence-corrected chi connectivity index (χ2v) is 6.99. The summed E-state index contributed by atoms with van der Waals surface area (Å²) in [6.45, 7) is 4.97. The minimum absolute atomic E-state index is 0.0409. The first-order chi connectivity index (χ1) is 13.3. The molecular weight excluding hydrogens is 399 g/mol. The van der Waals surface area contributed by atoms with Crippen molar-refractivity contribution in [2.24, 2.45) is 0 Å². The van der Waals surface area contributed by atoms with E-state index < -0.39 is 0 Å². The van der Waals surface area contributed by atoms with E-state index in [0.717, 1.165) is 0 Å². The van der Waals surface area contributed by atoms with E-state index in [-0.39, 0.29) is 35.5 Å². The number of carbonyl (C=O) groups is 3. The summed E-state index contributed by atoms with van der Waals surface area (Å²) in [5.41, 5.74) is 1.38. The number of anilines is 1. The largest absolute Gasteiger partial charge is 0.339 e. The molecule has 2 amide bonds. The summed E-state index contributed by atoms with van der Waals surface area (Å²) in [4.78, 5) is 38.3. The topological polar surface area (TPSA) is 66.5 Å². The zero-order chi connectivity index (χ0) is 20.7. The molecule has 0 radical (unpaired) electrons. The number of halogens is 2. The van der Waals surface area contributed by atoms with Gasteiger partial charge in [-0.15, -0.1) is 0 Å². The van der Waals surface area contributed by atoms with E-state index >= 15 is 0 Å². The molecule has 2 aromatic carbocycles. The van der Waals surface area contributed by atoms with Crippen molar-refractivity contribution in [3.8, 4) is 0 Å². The predicted molar refractivity (Wildman–Crippen MR) is 112 cm³/mol. The van der Waals surface area contributed by atoms with Gasteiger partial charge in [0.15, 0.2) is 5.78 Å². The molecule has 0 saturated carbocycles. The van der Waals surface area contributed by atoms with Crippen molar-refractivity contribution in [2.75, 3.05) is 18.4 Å². The summed E-state index contributed by atoms with van der Waals surface area (Å²) in [5, 5.41) is 3.52. The molecule has 0 saturated heterocycles. The monoisotopic (exact) mass is 420 g/mol. The van der Waals surface area contributed by atoms with Crippen LogP contribution in [0.15, 0.2) is 42.5 Å². The van der Waals surface area contributed by atoms with Gasteiger partial charge < -0.3 is 10.2 Å². The third kappa shape index (κ3) is 5.81. The van der Waals surface area contributed by atoms with E-state index in [0.29, 0.717) is 34.9 Å². The number of Topliss-reactive ketones (excluding diaryl/α,β-unsaturated/α-hetero) is 1. The molecule has 7 heteroatoms. The van der Waals surface area contributed by atoms with Crippen LogP contribution in [0.2, 0.25) is 10.0 Å². The van der Waals surface area contributed by atoms with E-state index in [1.54, 1.807) is 41.3 Å². The number of ketones is 1. The van der Waals surface area contributed by atoms with E-state index in [9.17, 15) is 14.4 Å². The van der Waals surface area contributed by atoms with Crippen LogP contribution in [0.1, 0.15) is 47.4 Å². The highest BCUT2D eigenvalue weighted by Gasteiger charge is 2.17. The summed E-state index contributed by atoms with van der Waals surface area (Å²) in [6, 6.07) is 11.3. The first-order valence-corrected chi connectivity index (χ1v) is 9.78. The number of carbonyl (C=O) groups excluding carboxylic acids is 3. The summed E-state index contributed by atoms with van der Waals surface area (Å²) >= 11 is 12.0. The molecule has 0 heterocycles. The fourth-order valence-electron chi connectivity index (χ4n) is 2.68. The van der Waals surface area contributed by atoms with Crippen LogP contribution >= 0.6 is 23.2 Å². The number of nitrogens with one attached hydrogen (secondary N) is 1. The van der Waals surface area contributed by atoms with Crippen molar-refractivity contribution in [1.29, 1.82) is 0 Å². The molecule has 5 nitrogen and oxygen atoms in total. The number of nitrogens with zero attached hydrogens (tertiary/aromatic N) is 1. The third-order valence-corrected chi connectivity index (χ3v) is 4.84. The van der Waals surface area contributed by atoms with Gasteiger partial charge in [0, 0.05) is 42.2 Å². The molecule has 0 aliphatic rings. The van der Waals surface area contributed by atoms with E-state index in [4.69, 9.17) is 23.2 Å². The average Bonchev–Trinajstić information content (AvgIpc) is 2.67. The van der Waals surface area contributed by atoms with Crippen LogP contribution in [0.4, 0.5) is 5.69 Å². The van der Waals surface area contributed by atoms with Gasteiger partial charge in [-0.2, -0.15) is 0 Å². The summed E-state index contributed by atoms with van der Waals surface area (Å²) in [7, 11) is 0. The molecule has 1 N–H and O–H groups in total. The molecule has 0 atom stereocenters. The Labute approximate surface area is 174 Å². The van der Waals surface area contributed by atoms with Crippen LogP contribution in [-0.4, -0.2) is 35.6 Å². The molecule has 0 aliphatic carbocycles. The quantitative estimate of drug-likeness (QED) is 0.605. The van der Waals surface area contributed by atoms with E-state index in [1.807, 2.05) is 13.8 Å². The lowest BCUT2D eigenvalue weighted by atomic mass is 10.1. The predicted octanol–water partition coefficient (Wildman–Crippen LogP) is 5.08. The van der Waals surface area contributed by atoms with Crippen molar-refractivity contribution < 1.29 is 14.4 Å². The van der Waals surface area contributed by atoms with Gasteiger partial charge >= 0.3 is 0 Å². The Morgan fingerprint density at radius 1 is 0.929 bits per heavy atom. The Balaban J connectivity index is 1.95. The molecule has 2 aromatic rings. The van der Waals surface area contributed by atoms with Gasteiger partial charge in [-0.25, -0.2) is 0 Å². The molecule has 148 valence electrons. The second-order valence-electron chi connectivity index (χ2n) is 6.15. The minimum Gasteiger partial charge on any atom is -0.339 e. The molecular formula is C21H22Cl2N2O3. The van der Waals surface area contributed by atoms with E-state index in [2.05, 4.69) is 5.32 Å². The average molecular weight is 421 g/mol. The molecule has 28 heavy (non-hydrogen) atoms. The highest BCUT2D eigenvalue weighted by molar-refractivity contribution is 6.34. The highest BCUT2D eigenvalue weighted by Crippen LogP contribution is 2.23. The van der Waals surface area contributed by atoms with Gasteiger partial charge in [0.25, 0.3) is 5.91 Å². The van der Waals surface area contributed by atoms with Crippen LogP contribution in [-0.2, 0) is 4.79 Å². The van der Waals surface area contributed by atoms with Gasteiger partial charge in [0.05, 0.1) is 10.6 Å². The van der Waals surface area contributed by atoms with Crippen LogP contribution in [0, 0.1) is 0 Å². The number of hydrogen-bond donors (Lipinski definition) is 1. The Morgan fingerprint density at radius 3 is 2.14 bits per heavy atom. The number of hydrogen-bond acceptors (Lipinski definition) is 3. The molecule has 0 bridgehead atoms. The summed E-state index contributed by atoms with van der Waals surface area (Å²) in [5.74, 6) is -0.590. The lowest BCUT2D eigenvalue weighted by Crippen LogP contribution is -2.30. The van der Waals surface area contributed by atoms with Crippen LogP contribution < -0.4 is 5.32 Å². The van der Waals surface area contributed by atoms with Crippen LogP contribution in [0.25, 0.3) is 0 Å². The fourth-order valence-corrected chi connectivity index (χ4v) is 3.07. The maximum absolute atomic E-state index is 12.4. The van der Waals surface area contributed by atoms with Gasteiger partial charge in [-0.1, -0.05) is 23.2 Å².